The molecule has 40 heavy (non-hydrogen) atoms. The number of rotatable bonds is 8. The number of hydrogen-bond donors (Lipinski definition) is 2. The van der Waals surface area contributed by atoms with Crippen LogP contribution in [0, 0.1) is 0 Å². The molecule has 0 saturated carbocycles. The van der Waals surface area contributed by atoms with Crippen LogP contribution >= 0.6 is 23.2 Å². The third kappa shape index (κ3) is 6.77. The van der Waals surface area contributed by atoms with E-state index >= 15 is 0 Å². The van der Waals surface area contributed by atoms with E-state index in [-0.39, 0.29) is 57.9 Å². The minimum atomic E-state index is -4.68. The van der Waals surface area contributed by atoms with Crippen LogP contribution in [0.1, 0.15) is 29.8 Å². The fourth-order valence-electron chi connectivity index (χ4n) is 3.99. The van der Waals surface area contributed by atoms with Crippen molar-refractivity contribution < 1.29 is 57.2 Å². The molecule has 0 unspecified atom stereocenters. The van der Waals surface area contributed by atoms with Gasteiger partial charge < -0.3 is 15.2 Å². The Balaban J connectivity index is 0.00000441. The monoisotopic (exact) mass is 609 g/mol. The normalized spacial score (nSPS) is 11.4. The van der Waals surface area contributed by atoms with E-state index in [9.17, 15) is 22.9 Å². The van der Waals surface area contributed by atoms with E-state index in [1.807, 2.05) is 0 Å². The van der Waals surface area contributed by atoms with Gasteiger partial charge in [-0.05, 0) is 54.6 Å². The molecule has 9 nitrogen and oxygen atoms in total. The predicted octanol–water partition coefficient (Wildman–Crippen LogP) is 4.10. The van der Waals surface area contributed by atoms with Crippen molar-refractivity contribution in [2.75, 3.05) is 11.9 Å². The maximum absolute atomic E-state index is 13.5. The van der Waals surface area contributed by atoms with Crippen LogP contribution in [0.15, 0.2) is 75.8 Å². The molecule has 0 saturated heterocycles. The average Bonchev–Trinajstić information content (AvgIpc) is 2.88. The van der Waals surface area contributed by atoms with Crippen LogP contribution < -0.4 is 44.7 Å². The minimum absolute atomic E-state index is 0. The first kappa shape index (κ1) is 31.8. The van der Waals surface area contributed by atoms with E-state index in [0.717, 1.165) is 6.07 Å². The van der Waals surface area contributed by atoms with Crippen molar-refractivity contribution in [3.05, 3.63) is 81.8 Å². The Kier molecular flexibility index (Phi) is 10.6. The molecular weight excluding hydrogens is 588 g/mol. The molecule has 0 aliphatic heterocycles. The Morgan fingerprint density at radius 1 is 1.02 bits per heavy atom. The van der Waals surface area contributed by atoms with Gasteiger partial charge in [-0.3, -0.25) is 9.35 Å². The van der Waals surface area contributed by atoms with E-state index in [1.54, 1.807) is 56.3 Å². The van der Waals surface area contributed by atoms with Gasteiger partial charge >= 0.3 is 29.6 Å². The third-order valence-electron chi connectivity index (χ3n) is 5.78. The molecule has 4 aromatic rings. The van der Waals surface area contributed by atoms with Crippen LogP contribution in [0.2, 0.25) is 10.0 Å². The van der Waals surface area contributed by atoms with Crippen LogP contribution in [0.4, 0.5) is 17.1 Å². The largest absolute Gasteiger partial charge is 1.00 e. The quantitative estimate of drug-likeness (QED) is 0.175. The summed E-state index contributed by atoms with van der Waals surface area (Å²) < 4.78 is 39.3. The average molecular weight is 610 g/mol. The number of halogens is 2. The molecule has 0 atom stereocenters. The molecule has 0 aromatic heterocycles. The van der Waals surface area contributed by atoms with Crippen molar-refractivity contribution in [3.8, 4) is 11.5 Å². The number of nitrogens with one attached hydrogen (secondary N) is 1. The van der Waals surface area contributed by atoms with Gasteiger partial charge in [-0.2, -0.15) is 13.5 Å². The van der Waals surface area contributed by atoms with Crippen LogP contribution in [0.25, 0.3) is 10.8 Å². The molecule has 4 aromatic carbocycles. The number of ether oxygens (including phenoxy) is 1. The van der Waals surface area contributed by atoms with E-state index in [0.29, 0.717) is 39.4 Å². The first-order valence-electron chi connectivity index (χ1n) is 11.7. The van der Waals surface area contributed by atoms with Gasteiger partial charge in [0.2, 0.25) is 0 Å². The van der Waals surface area contributed by atoms with Gasteiger partial charge in [0.15, 0.2) is 0 Å². The van der Waals surface area contributed by atoms with Crippen molar-refractivity contribution in [2.45, 2.75) is 25.2 Å². The van der Waals surface area contributed by atoms with Crippen LogP contribution in [0.3, 0.4) is 0 Å². The number of hydrogen-bond acceptors (Lipinski definition) is 7. The summed E-state index contributed by atoms with van der Waals surface area (Å²) in [5.74, 6) is -1.13. The van der Waals surface area contributed by atoms with Crippen molar-refractivity contribution in [1.82, 2.24) is 0 Å². The summed E-state index contributed by atoms with van der Waals surface area (Å²) in [4.78, 5) is 12.8. The zero-order valence-electron chi connectivity index (χ0n) is 21.7. The second kappa shape index (κ2) is 13.3. The number of anilines is 1. The number of carbonyl (C=O) groups excluding carboxylic acids is 1. The molecule has 2 N–H and O–H groups in total. The molecular formula is C27H22Cl2N3NaO6S. The topological polar surface area (TPSA) is 140 Å². The smallest absolute Gasteiger partial charge is 0.870 e. The number of fused-ring (bicyclic) bond motifs is 1. The molecule has 0 heterocycles. The van der Waals surface area contributed by atoms with Crippen LogP contribution in [-0.2, 0) is 16.5 Å². The van der Waals surface area contributed by atoms with Gasteiger partial charge in [-0.25, -0.2) is 0 Å². The molecule has 1 amide bonds. The van der Waals surface area contributed by atoms with Crippen molar-refractivity contribution in [1.29, 1.82) is 0 Å². The van der Waals surface area contributed by atoms with Gasteiger partial charge in [0.05, 0.1) is 18.0 Å². The van der Waals surface area contributed by atoms with E-state index in [4.69, 9.17) is 27.9 Å². The summed E-state index contributed by atoms with van der Waals surface area (Å²) in [7, 11) is -4.68. The summed E-state index contributed by atoms with van der Waals surface area (Å²) in [6.07, 6.45) is 0.271. The molecule has 13 heteroatoms. The molecule has 202 valence electrons. The SMILES string of the molecule is CCOc1cc(Cl)ccc1NC(=O)c1cc2ccccc2c(N=Nc2c(S(=O)(=O)O)ccc(Cl)c2CC)c1[O-].[Na+]. The predicted molar refractivity (Wildman–Crippen MR) is 149 cm³/mol. The van der Waals surface area contributed by atoms with Crippen LogP contribution in [-0.4, -0.2) is 25.5 Å². The van der Waals surface area contributed by atoms with Crippen molar-refractivity contribution in [3.63, 3.8) is 0 Å². The van der Waals surface area contributed by atoms with Crippen molar-refractivity contribution >= 4 is 67.1 Å². The number of benzene rings is 4. The fourth-order valence-corrected chi connectivity index (χ4v) is 5.08. The van der Waals surface area contributed by atoms with Crippen LogP contribution in [0.5, 0.6) is 11.5 Å². The molecule has 0 spiro atoms. The minimum Gasteiger partial charge on any atom is -0.870 e. The van der Waals surface area contributed by atoms with Gasteiger partial charge in [-0.1, -0.05) is 60.1 Å². The van der Waals surface area contributed by atoms with Gasteiger partial charge in [0.1, 0.15) is 16.3 Å². The number of carbonyl (C=O) groups is 1. The molecule has 0 aliphatic carbocycles. The zero-order chi connectivity index (χ0) is 28.3. The van der Waals surface area contributed by atoms with Gasteiger partial charge in [0, 0.05) is 27.1 Å². The van der Waals surface area contributed by atoms with Gasteiger partial charge in [0.25, 0.3) is 16.0 Å². The Labute approximate surface area is 263 Å². The van der Waals surface area contributed by atoms with E-state index in [1.165, 1.54) is 12.1 Å². The molecule has 0 radical (unpaired) electrons. The maximum atomic E-state index is 13.5. The van der Waals surface area contributed by atoms with Gasteiger partial charge in [-0.15, -0.1) is 5.11 Å². The first-order chi connectivity index (χ1) is 18.5. The fraction of sp³-hybridized carbons (Fsp3) is 0.148. The zero-order valence-corrected chi connectivity index (χ0v) is 26.1. The standard InChI is InChI=1S/C27H23Cl2N3O6S.Na/c1-3-17-20(29)10-12-23(39(35,36)37)24(17)31-32-25-18-8-6-5-7-15(18)13-19(26(25)33)27(34)30-21-11-9-16(28)14-22(21)38-4-2;/h5-14,33H,3-4H2,1-2H3,(H,30,34)(H,35,36,37);/q;+1/p-1. The number of nitrogens with zero attached hydrogens (tertiary/aromatic N) is 2. The summed E-state index contributed by atoms with van der Waals surface area (Å²) in [6, 6.07) is 15.3. The second-order valence-corrected chi connectivity index (χ2v) is 10.5. The molecule has 4 rings (SSSR count). The Hall–Kier alpha value is -2.70. The van der Waals surface area contributed by atoms with E-state index in [2.05, 4.69) is 15.5 Å². The molecule has 0 aliphatic rings. The second-order valence-electron chi connectivity index (χ2n) is 8.25. The first-order valence-corrected chi connectivity index (χ1v) is 13.9. The van der Waals surface area contributed by atoms with E-state index < -0.39 is 26.7 Å². The summed E-state index contributed by atoms with van der Waals surface area (Å²) in [5.41, 5.74) is 0.00611. The Bertz CT molecular complexity index is 1730. The summed E-state index contributed by atoms with van der Waals surface area (Å²) >= 11 is 12.3. The molecule has 0 fully saturated rings. The summed E-state index contributed by atoms with van der Waals surface area (Å²) in [6.45, 7) is 3.83. The number of amides is 1. The summed E-state index contributed by atoms with van der Waals surface area (Å²) in [5, 5.41) is 25.9. The maximum Gasteiger partial charge on any atom is 1.00 e. The number of azo groups is 1. The Morgan fingerprint density at radius 2 is 1.73 bits per heavy atom. The third-order valence-corrected chi connectivity index (χ3v) is 7.26. The molecule has 0 bridgehead atoms. The Morgan fingerprint density at radius 3 is 2.40 bits per heavy atom. The van der Waals surface area contributed by atoms with Crippen molar-refractivity contribution in [2.24, 2.45) is 10.2 Å².